The highest BCUT2D eigenvalue weighted by Crippen LogP contribution is 2.43. The van der Waals surface area contributed by atoms with Crippen molar-refractivity contribution < 1.29 is 18.0 Å². The Morgan fingerprint density at radius 1 is 1.21 bits per heavy atom. The van der Waals surface area contributed by atoms with Gasteiger partial charge in [0, 0.05) is 41.2 Å². The molecule has 2 atom stereocenters. The standard InChI is InChI=1S/C22H17ClF3N5O2/c23-15-7-17(16(24)6-14(15)11-3-12(21(25)26)9-27-8-11)28-22(33)31-13-1-2-18(31)20-10(4-13)5-19(32)29-30-20/h3,5-9,13,18,21H,1-2,4H2,(H,28,33)(H,29,32). The van der Waals surface area contributed by atoms with E-state index in [1.54, 1.807) is 4.90 Å². The van der Waals surface area contributed by atoms with Crippen LogP contribution in [0.4, 0.5) is 23.7 Å². The first kappa shape index (κ1) is 21.4. The van der Waals surface area contributed by atoms with E-state index in [-0.39, 0.29) is 45.0 Å². The molecular formula is C22H17ClF3N5O2. The normalized spacial score (nSPS) is 19.0. The fraction of sp³-hybridized carbons (Fsp3) is 0.273. The molecule has 2 aliphatic rings. The molecular weight excluding hydrogens is 459 g/mol. The van der Waals surface area contributed by atoms with Crippen molar-refractivity contribution in [3.63, 3.8) is 0 Å². The Kier molecular flexibility index (Phi) is 5.32. The molecule has 2 unspecified atom stereocenters. The molecule has 11 heteroatoms. The van der Waals surface area contributed by atoms with Crippen molar-refractivity contribution in [3.8, 4) is 11.1 Å². The number of anilines is 1. The van der Waals surface area contributed by atoms with E-state index < -0.39 is 18.3 Å². The molecule has 1 saturated heterocycles. The number of pyridine rings is 1. The predicted molar refractivity (Wildman–Crippen MR) is 115 cm³/mol. The maximum Gasteiger partial charge on any atom is 0.322 e. The largest absolute Gasteiger partial charge is 0.322 e. The summed E-state index contributed by atoms with van der Waals surface area (Å²) in [6.07, 6.45) is 1.52. The van der Waals surface area contributed by atoms with Gasteiger partial charge in [0.15, 0.2) is 0 Å². The third-order valence-electron chi connectivity index (χ3n) is 6.05. The number of hydrogen-bond acceptors (Lipinski definition) is 4. The molecule has 7 nitrogen and oxygen atoms in total. The third-order valence-corrected chi connectivity index (χ3v) is 6.36. The summed E-state index contributed by atoms with van der Waals surface area (Å²) in [5.74, 6) is -0.766. The summed E-state index contributed by atoms with van der Waals surface area (Å²) in [7, 11) is 0. The third kappa shape index (κ3) is 3.84. The van der Waals surface area contributed by atoms with Gasteiger partial charge in [0.1, 0.15) is 5.82 Å². The smallest absolute Gasteiger partial charge is 0.313 e. The fourth-order valence-electron chi connectivity index (χ4n) is 4.58. The summed E-state index contributed by atoms with van der Waals surface area (Å²) >= 11 is 6.30. The molecule has 4 heterocycles. The van der Waals surface area contributed by atoms with E-state index in [1.807, 2.05) is 0 Å². The number of urea groups is 1. The van der Waals surface area contributed by atoms with Crippen LogP contribution >= 0.6 is 11.6 Å². The molecule has 0 saturated carbocycles. The Balaban J connectivity index is 1.41. The number of H-pyrrole nitrogens is 1. The maximum absolute atomic E-state index is 14.9. The number of halogens is 4. The molecule has 5 rings (SSSR count). The average molecular weight is 476 g/mol. The summed E-state index contributed by atoms with van der Waals surface area (Å²) in [5, 5.41) is 9.17. The predicted octanol–water partition coefficient (Wildman–Crippen LogP) is 4.86. The minimum absolute atomic E-state index is 0.0751. The number of carbonyl (C=O) groups excluding carboxylic acids is 1. The Labute approximate surface area is 190 Å². The number of nitrogens with one attached hydrogen (secondary N) is 2. The van der Waals surface area contributed by atoms with Crippen LogP contribution < -0.4 is 10.9 Å². The first-order chi connectivity index (χ1) is 15.8. The van der Waals surface area contributed by atoms with Crippen molar-refractivity contribution >= 4 is 23.3 Å². The van der Waals surface area contributed by atoms with E-state index >= 15 is 0 Å². The van der Waals surface area contributed by atoms with Crippen molar-refractivity contribution in [1.29, 1.82) is 0 Å². The molecule has 1 aromatic carbocycles. The van der Waals surface area contributed by atoms with Gasteiger partial charge in [-0.15, -0.1) is 0 Å². The zero-order chi connectivity index (χ0) is 23.3. The van der Waals surface area contributed by atoms with E-state index in [0.29, 0.717) is 18.5 Å². The van der Waals surface area contributed by atoms with Gasteiger partial charge in [-0.25, -0.2) is 23.1 Å². The second-order valence-corrected chi connectivity index (χ2v) is 8.46. The quantitative estimate of drug-likeness (QED) is 0.566. The number of carbonyl (C=O) groups is 1. The van der Waals surface area contributed by atoms with E-state index in [0.717, 1.165) is 24.2 Å². The van der Waals surface area contributed by atoms with E-state index in [4.69, 9.17) is 11.6 Å². The second-order valence-electron chi connectivity index (χ2n) is 8.05. The number of rotatable bonds is 3. The minimum Gasteiger partial charge on any atom is -0.313 e. The molecule has 2 bridgehead atoms. The minimum atomic E-state index is -2.73. The number of aromatic amines is 1. The Morgan fingerprint density at radius 3 is 2.82 bits per heavy atom. The highest BCUT2D eigenvalue weighted by atomic mass is 35.5. The van der Waals surface area contributed by atoms with Gasteiger partial charge in [-0.3, -0.25) is 9.78 Å². The van der Waals surface area contributed by atoms with E-state index in [1.165, 1.54) is 24.4 Å². The summed E-state index contributed by atoms with van der Waals surface area (Å²) in [6, 6.07) is 4.05. The van der Waals surface area contributed by atoms with Crippen LogP contribution in [0.25, 0.3) is 11.1 Å². The number of amides is 2. The number of hydrogen-bond donors (Lipinski definition) is 2. The van der Waals surface area contributed by atoms with Crippen molar-refractivity contribution in [3.05, 3.63) is 74.7 Å². The number of benzene rings is 1. The highest BCUT2D eigenvalue weighted by molar-refractivity contribution is 6.33. The summed E-state index contributed by atoms with van der Waals surface area (Å²) in [5.41, 5.74) is 1.13. The van der Waals surface area contributed by atoms with Crippen LogP contribution in [0.5, 0.6) is 0 Å². The number of aromatic nitrogens is 3. The van der Waals surface area contributed by atoms with Gasteiger partial charge < -0.3 is 10.2 Å². The lowest BCUT2D eigenvalue weighted by Gasteiger charge is -2.35. The molecule has 3 aromatic rings. The molecule has 0 aliphatic carbocycles. The van der Waals surface area contributed by atoms with Crippen molar-refractivity contribution in [2.24, 2.45) is 0 Å². The van der Waals surface area contributed by atoms with Crippen LogP contribution in [0, 0.1) is 5.82 Å². The van der Waals surface area contributed by atoms with Crippen LogP contribution in [0.1, 0.15) is 42.1 Å². The molecule has 33 heavy (non-hydrogen) atoms. The van der Waals surface area contributed by atoms with Crippen LogP contribution in [-0.2, 0) is 6.42 Å². The topological polar surface area (TPSA) is 91.0 Å². The molecule has 2 N–H and O–H groups in total. The lowest BCUT2D eigenvalue weighted by molar-refractivity contribution is 0.151. The van der Waals surface area contributed by atoms with Gasteiger partial charge in [-0.1, -0.05) is 11.6 Å². The highest BCUT2D eigenvalue weighted by Gasteiger charge is 2.44. The Bertz CT molecular complexity index is 1320. The molecule has 0 radical (unpaired) electrons. The first-order valence-electron chi connectivity index (χ1n) is 10.2. The Hall–Kier alpha value is -3.40. The Morgan fingerprint density at radius 2 is 2.03 bits per heavy atom. The summed E-state index contributed by atoms with van der Waals surface area (Å²) < 4.78 is 40.9. The lowest BCUT2D eigenvalue weighted by Crippen LogP contribution is -2.45. The average Bonchev–Trinajstić information content (AvgIpc) is 3.11. The van der Waals surface area contributed by atoms with Gasteiger partial charge in [0.25, 0.3) is 12.0 Å². The molecule has 2 aliphatic heterocycles. The van der Waals surface area contributed by atoms with Gasteiger partial charge in [0.05, 0.1) is 22.4 Å². The molecule has 170 valence electrons. The van der Waals surface area contributed by atoms with Gasteiger partial charge in [-0.05, 0) is 43.0 Å². The van der Waals surface area contributed by atoms with Gasteiger partial charge >= 0.3 is 6.03 Å². The second kappa shape index (κ2) is 8.18. The zero-order valence-corrected chi connectivity index (χ0v) is 17.7. The van der Waals surface area contributed by atoms with Crippen molar-refractivity contribution in [1.82, 2.24) is 20.1 Å². The lowest BCUT2D eigenvalue weighted by atomic mass is 9.99. The molecule has 0 spiro atoms. The van der Waals surface area contributed by atoms with E-state index in [2.05, 4.69) is 20.5 Å². The van der Waals surface area contributed by atoms with Crippen LogP contribution in [0.15, 0.2) is 41.5 Å². The maximum atomic E-state index is 14.9. The van der Waals surface area contributed by atoms with Crippen LogP contribution in [0.2, 0.25) is 5.02 Å². The van der Waals surface area contributed by atoms with Crippen LogP contribution in [-0.4, -0.2) is 32.2 Å². The van der Waals surface area contributed by atoms with Crippen molar-refractivity contribution in [2.45, 2.75) is 37.8 Å². The molecule has 1 fully saturated rings. The molecule has 2 aromatic heterocycles. The number of nitrogens with zero attached hydrogens (tertiary/aromatic N) is 3. The monoisotopic (exact) mass is 475 g/mol. The van der Waals surface area contributed by atoms with E-state index in [9.17, 15) is 22.8 Å². The number of fused-ring (bicyclic) bond motifs is 4. The first-order valence-corrected chi connectivity index (χ1v) is 10.6. The van der Waals surface area contributed by atoms with Crippen LogP contribution in [0.3, 0.4) is 0 Å². The van der Waals surface area contributed by atoms with Gasteiger partial charge in [0.2, 0.25) is 0 Å². The zero-order valence-electron chi connectivity index (χ0n) is 17.0. The van der Waals surface area contributed by atoms with Crippen molar-refractivity contribution in [2.75, 3.05) is 5.32 Å². The summed E-state index contributed by atoms with van der Waals surface area (Å²) in [6.45, 7) is 0. The summed E-state index contributed by atoms with van der Waals surface area (Å²) in [4.78, 5) is 30.0. The fourth-order valence-corrected chi connectivity index (χ4v) is 4.86. The van der Waals surface area contributed by atoms with Gasteiger partial charge in [-0.2, -0.15) is 5.10 Å². The number of alkyl halides is 2. The SMILES string of the molecule is O=C(Nc1cc(Cl)c(-c2cncc(C(F)F)c2)cc1F)N1C2CCC1c1n[nH]c(=O)cc1C2. The molecule has 2 amide bonds.